The number of rotatable bonds is 2. The van der Waals surface area contributed by atoms with E-state index in [4.69, 9.17) is 5.73 Å². The van der Waals surface area contributed by atoms with Crippen LogP contribution in [0.15, 0.2) is 0 Å². The summed E-state index contributed by atoms with van der Waals surface area (Å²) in [5.74, 6) is 1.17. The van der Waals surface area contributed by atoms with Crippen LogP contribution in [0.1, 0.15) is 22.7 Å². The van der Waals surface area contributed by atoms with Crippen LogP contribution in [0.4, 0.5) is 10.6 Å². The molecule has 2 aromatic rings. The van der Waals surface area contributed by atoms with Crippen molar-refractivity contribution in [3.8, 4) is 0 Å². The first-order chi connectivity index (χ1) is 9.97. The van der Waals surface area contributed by atoms with E-state index >= 15 is 0 Å². The standard InChI is InChI=1S/C13H14N4O2S2/c1-6-7(2)21-12-10(6)11(14)15-8(16-12)5-17-9(18)3-4-20-13(17)19/h3-5H2,1-2H3,(H2,14,15,16). The molecular weight excluding hydrogens is 308 g/mol. The van der Waals surface area contributed by atoms with Gasteiger partial charge in [-0.05, 0) is 19.4 Å². The molecule has 0 atom stereocenters. The molecule has 2 amide bonds. The maximum atomic E-state index is 11.8. The number of nitrogen functional groups attached to an aromatic ring is 1. The third-order valence-corrected chi connectivity index (χ3v) is 5.44. The number of hydrogen-bond donors (Lipinski definition) is 1. The van der Waals surface area contributed by atoms with Crippen LogP contribution in [-0.4, -0.2) is 31.8 Å². The monoisotopic (exact) mass is 322 g/mol. The van der Waals surface area contributed by atoms with E-state index in [0.717, 1.165) is 32.4 Å². The molecule has 1 fully saturated rings. The molecule has 1 aliphatic heterocycles. The van der Waals surface area contributed by atoms with Gasteiger partial charge >= 0.3 is 0 Å². The first kappa shape index (κ1) is 14.3. The van der Waals surface area contributed by atoms with Gasteiger partial charge in [-0.1, -0.05) is 11.8 Å². The molecule has 21 heavy (non-hydrogen) atoms. The maximum Gasteiger partial charge on any atom is 0.288 e. The summed E-state index contributed by atoms with van der Waals surface area (Å²) in [6, 6.07) is 0. The molecule has 0 bridgehead atoms. The fourth-order valence-electron chi connectivity index (χ4n) is 2.23. The van der Waals surface area contributed by atoms with Crippen molar-refractivity contribution in [3.05, 3.63) is 16.3 Å². The molecule has 2 N–H and O–H groups in total. The number of carbonyl (C=O) groups is 2. The van der Waals surface area contributed by atoms with Crippen LogP contribution in [0.2, 0.25) is 0 Å². The quantitative estimate of drug-likeness (QED) is 0.913. The van der Waals surface area contributed by atoms with Crippen molar-refractivity contribution in [1.82, 2.24) is 14.9 Å². The Morgan fingerprint density at radius 2 is 2.05 bits per heavy atom. The van der Waals surface area contributed by atoms with Gasteiger partial charge < -0.3 is 5.73 Å². The van der Waals surface area contributed by atoms with E-state index < -0.39 is 0 Å². The fourth-order valence-corrected chi connectivity index (χ4v) is 4.06. The molecular formula is C13H14N4O2S2. The molecule has 0 aromatic carbocycles. The predicted molar refractivity (Wildman–Crippen MR) is 84.3 cm³/mol. The maximum absolute atomic E-state index is 11.8. The highest BCUT2D eigenvalue weighted by atomic mass is 32.2. The van der Waals surface area contributed by atoms with Crippen molar-refractivity contribution in [2.24, 2.45) is 0 Å². The Labute approximate surface area is 129 Å². The molecule has 1 saturated heterocycles. The summed E-state index contributed by atoms with van der Waals surface area (Å²) < 4.78 is 0. The van der Waals surface area contributed by atoms with Crippen LogP contribution in [0.3, 0.4) is 0 Å². The third-order valence-electron chi connectivity index (χ3n) is 3.47. The molecule has 110 valence electrons. The molecule has 0 unspecified atom stereocenters. The highest BCUT2D eigenvalue weighted by Crippen LogP contribution is 2.32. The van der Waals surface area contributed by atoms with Gasteiger partial charge in [0.25, 0.3) is 5.24 Å². The molecule has 0 aliphatic carbocycles. The van der Waals surface area contributed by atoms with Gasteiger partial charge in [0.2, 0.25) is 5.91 Å². The van der Waals surface area contributed by atoms with Gasteiger partial charge in [0.1, 0.15) is 10.6 Å². The summed E-state index contributed by atoms with van der Waals surface area (Å²) in [4.78, 5) is 35.5. The lowest BCUT2D eigenvalue weighted by atomic mass is 10.2. The molecule has 0 spiro atoms. The number of fused-ring (bicyclic) bond motifs is 1. The minimum absolute atomic E-state index is 0.0841. The molecule has 3 heterocycles. The Balaban J connectivity index is 1.98. The smallest absolute Gasteiger partial charge is 0.288 e. The van der Waals surface area contributed by atoms with E-state index in [2.05, 4.69) is 9.97 Å². The fraction of sp³-hybridized carbons (Fsp3) is 0.385. The number of nitrogens with zero attached hydrogens (tertiary/aromatic N) is 3. The zero-order chi connectivity index (χ0) is 15.1. The van der Waals surface area contributed by atoms with Crippen LogP contribution in [0.5, 0.6) is 0 Å². The Morgan fingerprint density at radius 3 is 2.76 bits per heavy atom. The Hall–Kier alpha value is -1.67. The largest absolute Gasteiger partial charge is 0.383 e. The van der Waals surface area contributed by atoms with E-state index in [9.17, 15) is 9.59 Å². The van der Waals surface area contributed by atoms with Gasteiger partial charge in [-0.25, -0.2) is 9.97 Å². The van der Waals surface area contributed by atoms with E-state index in [0.29, 0.717) is 23.8 Å². The van der Waals surface area contributed by atoms with Crippen molar-refractivity contribution in [2.45, 2.75) is 26.8 Å². The third kappa shape index (κ3) is 2.49. The van der Waals surface area contributed by atoms with Crippen molar-refractivity contribution in [3.63, 3.8) is 0 Å². The summed E-state index contributed by atoms with van der Waals surface area (Å²) in [5.41, 5.74) is 7.09. The summed E-state index contributed by atoms with van der Waals surface area (Å²) in [6.07, 6.45) is 0.366. The SMILES string of the molecule is Cc1sc2nc(CN3C(=O)CCSC3=O)nc(N)c2c1C. The Bertz CT molecular complexity index is 740. The van der Waals surface area contributed by atoms with Gasteiger partial charge in [-0.3, -0.25) is 14.5 Å². The van der Waals surface area contributed by atoms with Crippen molar-refractivity contribution >= 4 is 50.3 Å². The zero-order valence-corrected chi connectivity index (χ0v) is 13.3. The van der Waals surface area contributed by atoms with Gasteiger partial charge in [-0.2, -0.15) is 0 Å². The number of amides is 2. The Morgan fingerprint density at radius 1 is 1.29 bits per heavy atom. The van der Waals surface area contributed by atoms with Crippen LogP contribution < -0.4 is 5.73 Å². The van der Waals surface area contributed by atoms with Crippen LogP contribution in [0, 0.1) is 13.8 Å². The number of aryl methyl sites for hydroxylation is 2. The average Bonchev–Trinajstić information content (AvgIpc) is 2.70. The van der Waals surface area contributed by atoms with Gasteiger partial charge in [-0.15, -0.1) is 11.3 Å². The van der Waals surface area contributed by atoms with Crippen molar-refractivity contribution in [2.75, 3.05) is 11.5 Å². The van der Waals surface area contributed by atoms with Crippen molar-refractivity contribution < 1.29 is 9.59 Å². The second-order valence-electron chi connectivity index (χ2n) is 4.83. The number of hydrogen-bond acceptors (Lipinski definition) is 7. The number of imide groups is 1. The first-order valence-corrected chi connectivity index (χ1v) is 8.27. The average molecular weight is 322 g/mol. The Kier molecular flexibility index (Phi) is 3.58. The van der Waals surface area contributed by atoms with E-state index in [1.807, 2.05) is 13.8 Å². The highest BCUT2D eigenvalue weighted by molar-refractivity contribution is 8.13. The number of aromatic nitrogens is 2. The lowest BCUT2D eigenvalue weighted by Gasteiger charge is -2.23. The molecule has 0 saturated carbocycles. The minimum atomic E-state index is -0.243. The normalized spacial score (nSPS) is 16.0. The molecule has 1 aliphatic rings. The van der Waals surface area contributed by atoms with Gasteiger partial charge in [0.15, 0.2) is 5.82 Å². The van der Waals surface area contributed by atoms with Crippen LogP contribution in [-0.2, 0) is 11.3 Å². The summed E-state index contributed by atoms with van der Waals surface area (Å²) in [5, 5.41) is 0.624. The molecule has 6 nitrogen and oxygen atoms in total. The van der Waals surface area contributed by atoms with Gasteiger partial charge in [0.05, 0.1) is 11.9 Å². The lowest BCUT2D eigenvalue weighted by molar-refractivity contribution is -0.128. The minimum Gasteiger partial charge on any atom is -0.383 e. The second kappa shape index (κ2) is 5.27. The summed E-state index contributed by atoms with van der Waals surface area (Å²) in [6.45, 7) is 4.08. The van der Waals surface area contributed by atoms with E-state index in [-0.39, 0.29) is 17.7 Å². The van der Waals surface area contributed by atoms with Crippen LogP contribution >= 0.6 is 23.1 Å². The zero-order valence-electron chi connectivity index (χ0n) is 11.7. The number of carbonyl (C=O) groups excluding carboxylic acids is 2. The second-order valence-corrected chi connectivity index (χ2v) is 7.08. The summed E-state index contributed by atoms with van der Waals surface area (Å²) >= 11 is 2.69. The van der Waals surface area contributed by atoms with E-state index in [1.54, 1.807) is 11.3 Å². The number of thiophene rings is 1. The predicted octanol–water partition coefficient (Wildman–Crippen LogP) is 2.48. The number of nitrogens with two attached hydrogens (primary N) is 1. The van der Waals surface area contributed by atoms with Gasteiger partial charge in [0, 0.05) is 17.1 Å². The van der Waals surface area contributed by atoms with Crippen molar-refractivity contribution in [1.29, 1.82) is 0 Å². The number of thioether (sulfide) groups is 1. The number of anilines is 1. The first-order valence-electron chi connectivity index (χ1n) is 6.46. The lowest BCUT2D eigenvalue weighted by Crippen LogP contribution is -2.38. The molecule has 2 aromatic heterocycles. The topological polar surface area (TPSA) is 89.2 Å². The van der Waals surface area contributed by atoms with E-state index in [1.165, 1.54) is 4.90 Å². The molecule has 8 heteroatoms. The highest BCUT2D eigenvalue weighted by Gasteiger charge is 2.28. The van der Waals surface area contributed by atoms with Crippen LogP contribution in [0.25, 0.3) is 10.2 Å². The molecule has 0 radical (unpaired) electrons. The molecule has 3 rings (SSSR count). The summed E-state index contributed by atoms with van der Waals surface area (Å²) in [7, 11) is 0.